The summed E-state index contributed by atoms with van der Waals surface area (Å²) in [5.41, 5.74) is 2.27. The molecule has 0 unspecified atom stereocenters. The van der Waals surface area contributed by atoms with E-state index in [4.69, 9.17) is 0 Å². The van der Waals surface area contributed by atoms with Crippen LogP contribution in [0.2, 0.25) is 0 Å². The van der Waals surface area contributed by atoms with Crippen LogP contribution in [-0.2, 0) is 17.9 Å². The van der Waals surface area contributed by atoms with E-state index >= 15 is 0 Å². The van der Waals surface area contributed by atoms with Crippen molar-refractivity contribution in [3.63, 3.8) is 0 Å². The fourth-order valence-corrected chi connectivity index (χ4v) is 2.23. The van der Waals surface area contributed by atoms with E-state index in [9.17, 15) is 9.59 Å². The van der Waals surface area contributed by atoms with Crippen molar-refractivity contribution in [2.75, 3.05) is 5.32 Å². The maximum Gasteiger partial charge on any atom is 0.256 e. The largest absolute Gasteiger partial charge is 0.332 e. The molecule has 2 heterocycles. The number of hydrogen-bond donors (Lipinski definition) is 2. The number of hydrogen-bond acceptors (Lipinski definition) is 3. The van der Waals surface area contributed by atoms with Gasteiger partial charge >= 0.3 is 0 Å². The number of aromatic amines is 1. The van der Waals surface area contributed by atoms with Gasteiger partial charge in [0, 0.05) is 18.1 Å². The highest BCUT2D eigenvalue weighted by Gasteiger charge is 2.27. The van der Waals surface area contributed by atoms with Gasteiger partial charge < -0.3 is 10.2 Å². The lowest BCUT2D eigenvalue weighted by Gasteiger charge is -2.12. The van der Waals surface area contributed by atoms with Crippen molar-refractivity contribution < 1.29 is 9.59 Å². The minimum absolute atomic E-state index is 0.00309. The Labute approximate surface area is 115 Å². The third-order valence-corrected chi connectivity index (χ3v) is 3.36. The van der Waals surface area contributed by atoms with Crippen molar-refractivity contribution in [3.05, 3.63) is 47.2 Å². The molecule has 0 spiro atoms. The molecule has 1 aliphatic rings. The molecular weight excluding hydrogens is 256 g/mol. The Hall–Kier alpha value is -2.63. The molecule has 1 aromatic carbocycles. The number of benzene rings is 1. The van der Waals surface area contributed by atoms with E-state index in [0.717, 1.165) is 11.3 Å². The number of fused-ring (bicyclic) bond motifs is 1. The van der Waals surface area contributed by atoms with Crippen molar-refractivity contribution >= 4 is 17.6 Å². The van der Waals surface area contributed by atoms with E-state index in [0.29, 0.717) is 24.5 Å². The van der Waals surface area contributed by atoms with E-state index in [2.05, 4.69) is 15.5 Å². The molecule has 1 aliphatic heterocycles. The zero-order valence-electron chi connectivity index (χ0n) is 11.0. The van der Waals surface area contributed by atoms with E-state index in [1.165, 1.54) is 6.92 Å². The number of rotatable bonds is 2. The lowest BCUT2D eigenvalue weighted by molar-refractivity contribution is -0.129. The molecule has 0 radical (unpaired) electrons. The second-order valence-corrected chi connectivity index (χ2v) is 4.72. The number of aromatic nitrogens is 2. The lowest BCUT2D eigenvalue weighted by Crippen LogP contribution is -2.22. The zero-order chi connectivity index (χ0) is 14.1. The first-order chi connectivity index (χ1) is 9.65. The second-order valence-electron chi connectivity index (χ2n) is 4.72. The first-order valence-corrected chi connectivity index (χ1v) is 6.33. The normalized spacial score (nSPS) is 13.2. The molecule has 6 heteroatoms. The van der Waals surface area contributed by atoms with Crippen LogP contribution in [0.5, 0.6) is 0 Å². The van der Waals surface area contributed by atoms with Gasteiger partial charge in [-0.2, -0.15) is 5.10 Å². The fourth-order valence-electron chi connectivity index (χ4n) is 2.23. The summed E-state index contributed by atoms with van der Waals surface area (Å²) >= 11 is 0. The minimum atomic E-state index is -0.196. The van der Waals surface area contributed by atoms with Gasteiger partial charge in [0.2, 0.25) is 5.91 Å². The summed E-state index contributed by atoms with van der Waals surface area (Å²) in [6.45, 7) is 2.49. The Balaban J connectivity index is 1.78. The van der Waals surface area contributed by atoms with Crippen LogP contribution in [0, 0.1) is 0 Å². The molecule has 0 aliphatic carbocycles. The Bertz CT molecular complexity index is 663. The summed E-state index contributed by atoms with van der Waals surface area (Å²) in [6.07, 6.45) is 0. The number of nitrogens with one attached hydrogen (secondary N) is 2. The van der Waals surface area contributed by atoms with Crippen LogP contribution in [0.3, 0.4) is 0 Å². The number of carbonyl (C=O) groups excluding carboxylic acids is 2. The molecular formula is C14H14N4O2. The third kappa shape index (κ3) is 2.16. The Morgan fingerprint density at radius 2 is 2.00 bits per heavy atom. The number of nitrogens with zero attached hydrogens (tertiary/aromatic N) is 2. The molecule has 20 heavy (non-hydrogen) atoms. The van der Waals surface area contributed by atoms with E-state index < -0.39 is 0 Å². The zero-order valence-corrected chi connectivity index (χ0v) is 11.0. The van der Waals surface area contributed by atoms with Gasteiger partial charge in [-0.15, -0.1) is 0 Å². The molecule has 2 N–H and O–H groups in total. The summed E-state index contributed by atoms with van der Waals surface area (Å²) in [7, 11) is 0. The highest BCUT2D eigenvalue weighted by Crippen LogP contribution is 2.27. The molecule has 2 amide bonds. The van der Waals surface area contributed by atoms with Crippen molar-refractivity contribution in [2.45, 2.75) is 20.0 Å². The number of carbonyl (C=O) groups is 2. The topological polar surface area (TPSA) is 78.1 Å². The van der Waals surface area contributed by atoms with Crippen molar-refractivity contribution in [1.29, 1.82) is 0 Å². The highest BCUT2D eigenvalue weighted by molar-refractivity contribution is 6.04. The SMILES string of the molecule is CC(=O)N1Cc2n[nH]c(NC(=O)c3ccccc3)c2C1. The average molecular weight is 270 g/mol. The molecule has 0 saturated heterocycles. The maximum absolute atomic E-state index is 12.1. The molecule has 3 rings (SSSR count). The van der Waals surface area contributed by atoms with E-state index in [1.807, 2.05) is 18.2 Å². The van der Waals surface area contributed by atoms with Crippen LogP contribution in [0.4, 0.5) is 5.82 Å². The first kappa shape index (κ1) is 12.4. The number of H-pyrrole nitrogens is 1. The molecule has 0 atom stereocenters. The minimum Gasteiger partial charge on any atom is -0.332 e. The maximum atomic E-state index is 12.1. The van der Waals surface area contributed by atoms with Gasteiger partial charge in [0.05, 0.1) is 18.8 Å². The average Bonchev–Trinajstić information content (AvgIpc) is 3.02. The summed E-state index contributed by atoms with van der Waals surface area (Å²) in [4.78, 5) is 25.1. The molecule has 102 valence electrons. The van der Waals surface area contributed by atoms with Crippen molar-refractivity contribution in [2.24, 2.45) is 0 Å². The molecule has 2 aromatic rings. The van der Waals surface area contributed by atoms with Gasteiger partial charge in [0.15, 0.2) is 0 Å². The van der Waals surface area contributed by atoms with Crippen molar-refractivity contribution in [1.82, 2.24) is 15.1 Å². The molecule has 0 bridgehead atoms. The van der Waals surface area contributed by atoms with Gasteiger partial charge in [0.1, 0.15) is 5.82 Å². The van der Waals surface area contributed by atoms with Crippen LogP contribution in [0.25, 0.3) is 0 Å². The second kappa shape index (κ2) is 4.80. The van der Waals surface area contributed by atoms with Crippen LogP contribution < -0.4 is 5.32 Å². The van der Waals surface area contributed by atoms with E-state index in [-0.39, 0.29) is 11.8 Å². The van der Waals surface area contributed by atoms with Gasteiger partial charge in [-0.1, -0.05) is 18.2 Å². The summed E-state index contributed by atoms with van der Waals surface area (Å²) in [6, 6.07) is 8.96. The Morgan fingerprint density at radius 1 is 1.25 bits per heavy atom. The molecule has 0 fully saturated rings. The predicted molar refractivity (Wildman–Crippen MR) is 72.9 cm³/mol. The van der Waals surface area contributed by atoms with Gasteiger partial charge in [-0.25, -0.2) is 0 Å². The summed E-state index contributed by atoms with van der Waals surface area (Å²) < 4.78 is 0. The predicted octanol–water partition coefficient (Wildman–Crippen LogP) is 1.52. The van der Waals surface area contributed by atoms with Gasteiger partial charge in [-0.3, -0.25) is 14.7 Å². The number of anilines is 1. The summed E-state index contributed by atoms with van der Waals surface area (Å²) in [5.74, 6) is 0.374. The molecule has 0 saturated carbocycles. The Morgan fingerprint density at radius 3 is 2.70 bits per heavy atom. The molecule has 6 nitrogen and oxygen atoms in total. The summed E-state index contributed by atoms with van der Waals surface area (Å²) in [5, 5.41) is 9.76. The van der Waals surface area contributed by atoms with E-state index in [1.54, 1.807) is 17.0 Å². The smallest absolute Gasteiger partial charge is 0.256 e. The van der Waals surface area contributed by atoms with Crippen LogP contribution in [0.1, 0.15) is 28.5 Å². The van der Waals surface area contributed by atoms with Crippen molar-refractivity contribution in [3.8, 4) is 0 Å². The van der Waals surface area contributed by atoms with Crippen LogP contribution in [-0.4, -0.2) is 26.9 Å². The first-order valence-electron chi connectivity index (χ1n) is 6.33. The van der Waals surface area contributed by atoms with Gasteiger partial charge in [-0.05, 0) is 12.1 Å². The lowest BCUT2D eigenvalue weighted by atomic mass is 10.2. The third-order valence-electron chi connectivity index (χ3n) is 3.36. The Kier molecular flexibility index (Phi) is 2.98. The van der Waals surface area contributed by atoms with Crippen LogP contribution in [0.15, 0.2) is 30.3 Å². The van der Waals surface area contributed by atoms with Crippen LogP contribution >= 0.6 is 0 Å². The molecule has 1 aromatic heterocycles. The monoisotopic (exact) mass is 270 g/mol. The highest BCUT2D eigenvalue weighted by atomic mass is 16.2. The van der Waals surface area contributed by atoms with Gasteiger partial charge in [0.25, 0.3) is 5.91 Å². The quantitative estimate of drug-likeness (QED) is 0.868. The standard InChI is InChI=1S/C14H14N4O2/c1-9(19)18-7-11-12(8-18)16-17-13(11)15-14(20)10-5-3-2-4-6-10/h2-6H,7-8H2,1H3,(H2,15,16,17,20). The number of amides is 2. The fraction of sp³-hybridized carbons (Fsp3) is 0.214.